The summed E-state index contributed by atoms with van der Waals surface area (Å²) in [5.74, 6) is -0.110. The van der Waals surface area contributed by atoms with Gasteiger partial charge in [0, 0.05) is 25.1 Å². The van der Waals surface area contributed by atoms with Crippen molar-refractivity contribution in [2.75, 3.05) is 6.54 Å². The summed E-state index contributed by atoms with van der Waals surface area (Å²) in [6.07, 6.45) is 0.218. The Morgan fingerprint density at radius 1 is 1.32 bits per heavy atom. The number of halogens is 1. The number of carbonyl (C=O) groups excluding carboxylic acids is 1. The minimum atomic E-state index is -0.223. The van der Waals surface area contributed by atoms with Crippen LogP contribution in [0.5, 0.6) is 0 Å². The number of benzene rings is 1. The molecule has 3 nitrogen and oxygen atoms in total. The molecule has 0 aliphatic heterocycles. The fourth-order valence-corrected chi connectivity index (χ4v) is 1.70. The van der Waals surface area contributed by atoms with Gasteiger partial charge in [-0.25, -0.2) is 4.39 Å². The largest absolute Gasteiger partial charge is 0.461 e. The third-order valence-electron chi connectivity index (χ3n) is 2.61. The van der Waals surface area contributed by atoms with Gasteiger partial charge in [-0.2, -0.15) is 0 Å². The highest BCUT2D eigenvalue weighted by Crippen LogP contribution is 2.06. The zero-order valence-corrected chi connectivity index (χ0v) is 11.8. The van der Waals surface area contributed by atoms with Crippen molar-refractivity contribution in [3.8, 4) is 0 Å². The van der Waals surface area contributed by atoms with Crippen LogP contribution >= 0.6 is 0 Å². The molecule has 19 heavy (non-hydrogen) atoms. The molecule has 0 amide bonds. The van der Waals surface area contributed by atoms with Gasteiger partial charge in [-0.1, -0.05) is 32.0 Å². The van der Waals surface area contributed by atoms with Crippen molar-refractivity contribution in [3.05, 3.63) is 35.6 Å². The summed E-state index contributed by atoms with van der Waals surface area (Å²) in [7, 11) is 0. The lowest BCUT2D eigenvalue weighted by Crippen LogP contribution is -2.29. The van der Waals surface area contributed by atoms with Gasteiger partial charge in [0.2, 0.25) is 0 Å². The van der Waals surface area contributed by atoms with Crippen LogP contribution in [-0.2, 0) is 16.1 Å². The highest BCUT2D eigenvalue weighted by molar-refractivity contribution is 5.69. The molecular weight excluding hydrogens is 245 g/mol. The van der Waals surface area contributed by atoms with Crippen LogP contribution in [0.2, 0.25) is 0 Å². The zero-order chi connectivity index (χ0) is 14.3. The number of ether oxygens (including phenoxy) is 1. The third kappa shape index (κ3) is 6.34. The van der Waals surface area contributed by atoms with Crippen molar-refractivity contribution in [2.45, 2.75) is 39.8 Å². The quantitative estimate of drug-likeness (QED) is 0.772. The van der Waals surface area contributed by atoms with Crippen molar-refractivity contribution < 1.29 is 13.9 Å². The van der Waals surface area contributed by atoms with Crippen LogP contribution in [-0.4, -0.2) is 18.6 Å². The minimum Gasteiger partial charge on any atom is -0.461 e. The van der Waals surface area contributed by atoms with Crippen molar-refractivity contribution in [1.82, 2.24) is 5.32 Å². The van der Waals surface area contributed by atoms with E-state index in [2.05, 4.69) is 5.32 Å². The van der Waals surface area contributed by atoms with Gasteiger partial charge in [-0.05, 0) is 18.9 Å². The molecule has 0 aliphatic carbocycles. The van der Waals surface area contributed by atoms with E-state index in [0.717, 1.165) is 0 Å². The maximum atomic E-state index is 13.3. The van der Waals surface area contributed by atoms with Gasteiger partial charge >= 0.3 is 5.97 Å². The highest BCUT2D eigenvalue weighted by Gasteiger charge is 2.11. The Kier molecular flexibility index (Phi) is 6.50. The number of hydrogen-bond acceptors (Lipinski definition) is 3. The van der Waals surface area contributed by atoms with Crippen molar-refractivity contribution in [2.24, 2.45) is 5.92 Å². The normalized spacial score (nSPS) is 12.5. The van der Waals surface area contributed by atoms with E-state index in [1.54, 1.807) is 18.2 Å². The predicted octanol–water partition coefficient (Wildman–Crippen LogP) is 2.89. The number of hydrogen-bond donors (Lipinski definition) is 1. The standard InChI is InChI=1S/C15H22FNO2/c1-11(2)8-15(18)19-12(3)9-17-10-13-6-4-5-7-14(13)16/h4-7,11-12,17H,8-10H2,1-3H3. The maximum Gasteiger partial charge on any atom is 0.306 e. The van der Waals surface area contributed by atoms with E-state index in [4.69, 9.17) is 4.74 Å². The zero-order valence-electron chi connectivity index (χ0n) is 11.8. The molecule has 0 aliphatic rings. The van der Waals surface area contributed by atoms with Gasteiger partial charge in [-0.15, -0.1) is 0 Å². The Hall–Kier alpha value is -1.42. The van der Waals surface area contributed by atoms with E-state index in [9.17, 15) is 9.18 Å². The Morgan fingerprint density at radius 2 is 2.00 bits per heavy atom. The van der Waals surface area contributed by atoms with E-state index in [1.807, 2.05) is 20.8 Å². The molecule has 0 fully saturated rings. The van der Waals surface area contributed by atoms with Crippen LogP contribution < -0.4 is 5.32 Å². The molecule has 0 heterocycles. The van der Waals surface area contributed by atoms with Crippen LogP contribution in [0.4, 0.5) is 4.39 Å². The van der Waals surface area contributed by atoms with Gasteiger partial charge in [0.15, 0.2) is 0 Å². The second-order valence-corrected chi connectivity index (χ2v) is 5.12. The SMILES string of the molecule is CC(C)CC(=O)OC(C)CNCc1ccccc1F. The van der Waals surface area contributed by atoms with E-state index in [-0.39, 0.29) is 17.9 Å². The first-order valence-corrected chi connectivity index (χ1v) is 6.62. The smallest absolute Gasteiger partial charge is 0.306 e. The molecule has 106 valence electrons. The van der Waals surface area contributed by atoms with Crippen LogP contribution in [0.3, 0.4) is 0 Å². The Bertz CT molecular complexity index is 407. The summed E-state index contributed by atoms with van der Waals surface area (Å²) < 4.78 is 18.6. The Morgan fingerprint density at radius 3 is 2.63 bits per heavy atom. The van der Waals surface area contributed by atoms with Crippen molar-refractivity contribution in [1.29, 1.82) is 0 Å². The topological polar surface area (TPSA) is 38.3 Å². The average Bonchev–Trinajstić information content (AvgIpc) is 2.30. The fourth-order valence-electron chi connectivity index (χ4n) is 1.70. The number of nitrogens with one attached hydrogen (secondary N) is 1. The summed E-state index contributed by atoms with van der Waals surface area (Å²) in [5.41, 5.74) is 0.614. The minimum absolute atomic E-state index is 0.185. The lowest BCUT2D eigenvalue weighted by molar-refractivity contribution is -0.148. The van der Waals surface area contributed by atoms with E-state index in [0.29, 0.717) is 31.0 Å². The molecule has 1 unspecified atom stereocenters. The highest BCUT2D eigenvalue weighted by atomic mass is 19.1. The maximum absolute atomic E-state index is 13.3. The molecule has 4 heteroatoms. The molecular formula is C15H22FNO2. The molecule has 0 spiro atoms. The third-order valence-corrected chi connectivity index (χ3v) is 2.61. The molecule has 1 aromatic rings. The van der Waals surface area contributed by atoms with Gasteiger partial charge in [-0.3, -0.25) is 4.79 Å². The summed E-state index contributed by atoms with van der Waals surface area (Å²) in [5, 5.41) is 3.08. The molecule has 1 N–H and O–H groups in total. The molecule has 1 atom stereocenters. The summed E-state index contributed by atoms with van der Waals surface area (Å²) >= 11 is 0. The first-order valence-electron chi connectivity index (χ1n) is 6.62. The van der Waals surface area contributed by atoms with Gasteiger partial charge < -0.3 is 10.1 Å². The van der Waals surface area contributed by atoms with Gasteiger partial charge in [0.25, 0.3) is 0 Å². The van der Waals surface area contributed by atoms with Gasteiger partial charge in [0.05, 0.1) is 0 Å². The molecule has 0 saturated heterocycles. The van der Waals surface area contributed by atoms with Crippen molar-refractivity contribution in [3.63, 3.8) is 0 Å². The summed E-state index contributed by atoms with van der Waals surface area (Å²) in [4.78, 5) is 11.4. The average molecular weight is 267 g/mol. The first kappa shape index (κ1) is 15.6. The van der Waals surface area contributed by atoms with Crippen LogP contribution in [0, 0.1) is 11.7 Å². The van der Waals surface area contributed by atoms with E-state index in [1.165, 1.54) is 6.07 Å². The van der Waals surface area contributed by atoms with E-state index >= 15 is 0 Å². The fraction of sp³-hybridized carbons (Fsp3) is 0.533. The van der Waals surface area contributed by atoms with Crippen LogP contribution in [0.15, 0.2) is 24.3 Å². The monoisotopic (exact) mass is 267 g/mol. The van der Waals surface area contributed by atoms with Gasteiger partial charge in [0.1, 0.15) is 11.9 Å². The summed E-state index contributed by atoms with van der Waals surface area (Å²) in [6, 6.07) is 6.63. The molecule has 0 aromatic heterocycles. The van der Waals surface area contributed by atoms with Crippen LogP contribution in [0.1, 0.15) is 32.8 Å². The second kappa shape index (κ2) is 7.89. The molecule has 1 aromatic carbocycles. The molecule has 1 rings (SSSR count). The lowest BCUT2D eigenvalue weighted by Gasteiger charge is -2.15. The molecule has 0 radical (unpaired) electrons. The molecule has 0 bridgehead atoms. The number of rotatable bonds is 7. The number of carbonyl (C=O) groups is 1. The number of esters is 1. The summed E-state index contributed by atoms with van der Waals surface area (Å²) in [6.45, 7) is 6.72. The van der Waals surface area contributed by atoms with Crippen LogP contribution in [0.25, 0.3) is 0 Å². The predicted molar refractivity (Wildman–Crippen MR) is 73.1 cm³/mol. The van der Waals surface area contributed by atoms with E-state index < -0.39 is 0 Å². The van der Waals surface area contributed by atoms with Crippen molar-refractivity contribution >= 4 is 5.97 Å². The lowest BCUT2D eigenvalue weighted by atomic mass is 10.1. The Labute approximate surface area is 114 Å². The Balaban J connectivity index is 2.26. The second-order valence-electron chi connectivity index (χ2n) is 5.12. The molecule has 0 saturated carbocycles. The first-order chi connectivity index (χ1) is 8.99.